The molecule has 1 saturated heterocycles. The molecular weight excluding hydrogens is 222 g/mol. The molecule has 2 rings (SSSR count). The van der Waals surface area contributed by atoms with Crippen LogP contribution in [-0.2, 0) is 9.53 Å². The van der Waals surface area contributed by atoms with E-state index in [0.29, 0.717) is 13.0 Å². The van der Waals surface area contributed by atoms with Gasteiger partial charge in [-0.15, -0.1) is 0 Å². The maximum absolute atomic E-state index is 10.7. The fraction of sp³-hybridized carbons (Fsp3) is 0.583. The lowest BCUT2D eigenvalue weighted by Gasteiger charge is -2.15. The summed E-state index contributed by atoms with van der Waals surface area (Å²) in [6.45, 7) is 2.65. The standard InChI is InChI=1S/C12H17NO4/c1-8(10-3-2-6-16-10)13-7-9-4-5-11(17-9)12(14)15/h2-3,6,8-9,11,13H,4-5,7H2,1H3,(H,14,15). The van der Waals surface area contributed by atoms with Gasteiger partial charge in [-0.1, -0.05) is 0 Å². The number of carbonyl (C=O) groups is 1. The van der Waals surface area contributed by atoms with Gasteiger partial charge >= 0.3 is 5.97 Å². The fourth-order valence-electron chi connectivity index (χ4n) is 1.98. The zero-order chi connectivity index (χ0) is 12.3. The second-order valence-corrected chi connectivity index (χ2v) is 4.31. The molecule has 0 amide bonds. The van der Waals surface area contributed by atoms with Gasteiger partial charge in [-0.05, 0) is 31.9 Å². The smallest absolute Gasteiger partial charge is 0.332 e. The molecule has 0 bridgehead atoms. The number of rotatable bonds is 5. The molecule has 1 aromatic rings. The fourth-order valence-corrected chi connectivity index (χ4v) is 1.98. The minimum absolute atomic E-state index is 0.0199. The van der Waals surface area contributed by atoms with Crippen LogP contribution in [0.3, 0.4) is 0 Å². The van der Waals surface area contributed by atoms with Gasteiger partial charge in [-0.25, -0.2) is 4.79 Å². The van der Waals surface area contributed by atoms with E-state index in [9.17, 15) is 4.79 Å². The lowest BCUT2D eigenvalue weighted by molar-refractivity contribution is -0.149. The molecule has 2 N–H and O–H groups in total. The number of furan rings is 1. The van der Waals surface area contributed by atoms with Crippen molar-refractivity contribution < 1.29 is 19.1 Å². The van der Waals surface area contributed by atoms with E-state index in [1.165, 1.54) is 0 Å². The van der Waals surface area contributed by atoms with Crippen LogP contribution in [0.4, 0.5) is 0 Å². The summed E-state index contributed by atoms with van der Waals surface area (Å²) in [5, 5.41) is 12.1. The van der Waals surface area contributed by atoms with Crippen molar-refractivity contribution in [3.8, 4) is 0 Å². The number of aliphatic carboxylic acids is 1. The molecule has 1 aliphatic rings. The van der Waals surface area contributed by atoms with Crippen molar-refractivity contribution in [2.45, 2.75) is 38.0 Å². The van der Waals surface area contributed by atoms with Crippen LogP contribution in [0.5, 0.6) is 0 Å². The van der Waals surface area contributed by atoms with Crippen molar-refractivity contribution in [2.24, 2.45) is 0 Å². The first-order valence-corrected chi connectivity index (χ1v) is 5.82. The van der Waals surface area contributed by atoms with Gasteiger partial charge in [-0.3, -0.25) is 0 Å². The van der Waals surface area contributed by atoms with Crippen LogP contribution in [0.1, 0.15) is 31.6 Å². The van der Waals surface area contributed by atoms with Crippen LogP contribution in [0.15, 0.2) is 22.8 Å². The highest BCUT2D eigenvalue weighted by atomic mass is 16.5. The van der Waals surface area contributed by atoms with Crippen LogP contribution >= 0.6 is 0 Å². The maximum Gasteiger partial charge on any atom is 0.332 e. The van der Waals surface area contributed by atoms with Crippen LogP contribution < -0.4 is 5.32 Å². The minimum atomic E-state index is -0.869. The Morgan fingerprint density at radius 2 is 2.47 bits per heavy atom. The van der Waals surface area contributed by atoms with E-state index < -0.39 is 12.1 Å². The average molecular weight is 239 g/mol. The van der Waals surface area contributed by atoms with Crippen LogP contribution in [0, 0.1) is 0 Å². The Morgan fingerprint density at radius 1 is 1.65 bits per heavy atom. The summed E-state index contributed by atoms with van der Waals surface area (Å²) in [5.41, 5.74) is 0. The molecule has 0 saturated carbocycles. The Kier molecular flexibility index (Phi) is 3.81. The van der Waals surface area contributed by atoms with Gasteiger partial charge in [0.05, 0.1) is 18.4 Å². The zero-order valence-corrected chi connectivity index (χ0v) is 9.76. The SMILES string of the molecule is CC(NCC1CCC(C(=O)O)O1)c1ccco1. The highest BCUT2D eigenvalue weighted by molar-refractivity contribution is 5.72. The first-order valence-electron chi connectivity index (χ1n) is 5.82. The third-order valence-corrected chi connectivity index (χ3v) is 3.00. The first-order chi connectivity index (χ1) is 8.16. The van der Waals surface area contributed by atoms with Crippen molar-refractivity contribution in [3.63, 3.8) is 0 Å². The Bertz CT molecular complexity index is 363. The molecule has 2 heterocycles. The molecule has 0 radical (unpaired) electrons. The van der Waals surface area contributed by atoms with E-state index in [1.807, 2.05) is 19.1 Å². The topological polar surface area (TPSA) is 71.7 Å². The van der Waals surface area contributed by atoms with Gasteiger partial charge in [0, 0.05) is 6.54 Å². The summed E-state index contributed by atoms with van der Waals surface area (Å²) in [6.07, 6.45) is 2.36. The van der Waals surface area contributed by atoms with Crippen molar-refractivity contribution in [1.82, 2.24) is 5.32 Å². The van der Waals surface area contributed by atoms with Gasteiger partial charge in [0.25, 0.3) is 0 Å². The van der Waals surface area contributed by atoms with E-state index >= 15 is 0 Å². The predicted octanol–water partition coefficient (Wildman–Crippen LogP) is 1.56. The summed E-state index contributed by atoms with van der Waals surface area (Å²) < 4.78 is 10.7. The second kappa shape index (κ2) is 5.33. The number of carboxylic acids is 1. The number of nitrogens with one attached hydrogen (secondary N) is 1. The number of hydrogen-bond donors (Lipinski definition) is 2. The number of hydrogen-bond acceptors (Lipinski definition) is 4. The average Bonchev–Trinajstić information content (AvgIpc) is 2.97. The first kappa shape index (κ1) is 12.1. The van der Waals surface area contributed by atoms with Gasteiger partial charge in [0.2, 0.25) is 0 Å². The number of ether oxygens (including phenoxy) is 1. The summed E-state index contributed by atoms with van der Waals surface area (Å²) in [5.74, 6) is 0.00404. The molecule has 3 atom stereocenters. The molecule has 94 valence electrons. The molecule has 1 fully saturated rings. The molecular formula is C12H17NO4. The van der Waals surface area contributed by atoms with Crippen molar-refractivity contribution >= 4 is 5.97 Å². The maximum atomic E-state index is 10.7. The van der Waals surface area contributed by atoms with E-state index in [4.69, 9.17) is 14.3 Å². The van der Waals surface area contributed by atoms with Crippen LogP contribution in [0.25, 0.3) is 0 Å². The van der Waals surface area contributed by atoms with Gasteiger partial charge in [-0.2, -0.15) is 0 Å². The Balaban J connectivity index is 1.74. The van der Waals surface area contributed by atoms with Crippen molar-refractivity contribution in [2.75, 3.05) is 6.54 Å². The summed E-state index contributed by atoms with van der Waals surface area (Å²) >= 11 is 0. The third kappa shape index (κ3) is 3.08. The van der Waals surface area contributed by atoms with E-state index in [2.05, 4.69) is 5.32 Å². The predicted molar refractivity (Wildman–Crippen MR) is 60.7 cm³/mol. The highest BCUT2D eigenvalue weighted by Crippen LogP contribution is 2.20. The molecule has 0 spiro atoms. The summed E-state index contributed by atoms with van der Waals surface area (Å²) in [4.78, 5) is 10.7. The monoisotopic (exact) mass is 239 g/mol. The lowest BCUT2D eigenvalue weighted by Crippen LogP contribution is -2.30. The minimum Gasteiger partial charge on any atom is -0.479 e. The zero-order valence-electron chi connectivity index (χ0n) is 9.76. The van der Waals surface area contributed by atoms with Crippen molar-refractivity contribution in [3.05, 3.63) is 24.2 Å². The third-order valence-electron chi connectivity index (χ3n) is 3.00. The molecule has 17 heavy (non-hydrogen) atoms. The molecule has 0 aliphatic carbocycles. The van der Waals surface area contributed by atoms with E-state index in [-0.39, 0.29) is 12.1 Å². The van der Waals surface area contributed by atoms with Crippen molar-refractivity contribution in [1.29, 1.82) is 0 Å². The molecule has 5 nitrogen and oxygen atoms in total. The van der Waals surface area contributed by atoms with Gasteiger partial charge in [0.1, 0.15) is 5.76 Å². The van der Waals surface area contributed by atoms with Crippen LogP contribution in [-0.4, -0.2) is 29.8 Å². The molecule has 1 aliphatic heterocycles. The van der Waals surface area contributed by atoms with Gasteiger partial charge < -0.3 is 19.6 Å². The summed E-state index contributed by atoms with van der Waals surface area (Å²) in [6, 6.07) is 3.87. The quantitative estimate of drug-likeness (QED) is 0.816. The Morgan fingerprint density at radius 3 is 3.06 bits per heavy atom. The Labute approximate surface area is 99.8 Å². The molecule has 1 aromatic heterocycles. The van der Waals surface area contributed by atoms with Gasteiger partial charge in [0.15, 0.2) is 6.10 Å². The normalized spacial score (nSPS) is 25.9. The van der Waals surface area contributed by atoms with Crippen LogP contribution in [0.2, 0.25) is 0 Å². The van der Waals surface area contributed by atoms with E-state index in [1.54, 1.807) is 6.26 Å². The second-order valence-electron chi connectivity index (χ2n) is 4.31. The largest absolute Gasteiger partial charge is 0.479 e. The Hall–Kier alpha value is -1.33. The highest BCUT2D eigenvalue weighted by Gasteiger charge is 2.30. The lowest BCUT2D eigenvalue weighted by atomic mass is 10.2. The molecule has 3 unspecified atom stereocenters. The summed E-state index contributed by atoms with van der Waals surface area (Å²) in [7, 11) is 0. The molecule has 0 aromatic carbocycles. The molecule has 5 heteroatoms. The number of carboxylic acid groups (broad SMARTS) is 1. The van der Waals surface area contributed by atoms with E-state index in [0.717, 1.165) is 12.2 Å².